The molecule has 0 unspecified atom stereocenters. The van der Waals surface area contributed by atoms with E-state index in [1.807, 2.05) is 31.3 Å². The standard InChI is InChI=1S/C11H15NO2/c1-8(12-2)11-7-13-9-5-3-4-6-10(9)14-11/h3-6,8,11-12H,7H2,1-2H3/t8-,11+/m0/s1. The van der Waals surface area contributed by atoms with Crippen LogP contribution in [0.4, 0.5) is 0 Å². The molecular weight excluding hydrogens is 178 g/mol. The van der Waals surface area contributed by atoms with Gasteiger partial charge in [-0.15, -0.1) is 0 Å². The molecule has 0 aliphatic carbocycles. The van der Waals surface area contributed by atoms with Crippen molar-refractivity contribution in [1.82, 2.24) is 5.32 Å². The first-order valence-electron chi connectivity index (χ1n) is 4.87. The van der Waals surface area contributed by atoms with Gasteiger partial charge in [-0.05, 0) is 26.1 Å². The maximum absolute atomic E-state index is 5.80. The maximum atomic E-state index is 5.80. The SMILES string of the molecule is CN[C@@H](C)[C@H]1COc2ccccc2O1. The highest BCUT2D eigenvalue weighted by atomic mass is 16.6. The maximum Gasteiger partial charge on any atom is 0.161 e. The van der Waals surface area contributed by atoms with Crippen LogP contribution < -0.4 is 14.8 Å². The van der Waals surface area contributed by atoms with Crippen molar-refractivity contribution in [2.45, 2.75) is 19.1 Å². The summed E-state index contributed by atoms with van der Waals surface area (Å²) in [6, 6.07) is 8.06. The Balaban J connectivity index is 2.13. The van der Waals surface area contributed by atoms with E-state index >= 15 is 0 Å². The largest absolute Gasteiger partial charge is 0.486 e. The van der Waals surface area contributed by atoms with E-state index < -0.39 is 0 Å². The summed E-state index contributed by atoms with van der Waals surface area (Å²) in [5.74, 6) is 1.68. The van der Waals surface area contributed by atoms with Gasteiger partial charge in [-0.1, -0.05) is 12.1 Å². The second kappa shape index (κ2) is 3.88. The van der Waals surface area contributed by atoms with Crippen molar-refractivity contribution in [3.05, 3.63) is 24.3 Å². The van der Waals surface area contributed by atoms with Gasteiger partial charge in [0.1, 0.15) is 12.7 Å². The topological polar surface area (TPSA) is 30.5 Å². The van der Waals surface area contributed by atoms with Gasteiger partial charge in [0.2, 0.25) is 0 Å². The Morgan fingerprint density at radius 3 is 2.79 bits per heavy atom. The van der Waals surface area contributed by atoms with Gasteiger partial charge in [0, 0.05) is 6.04 Å². The smallest absolute Gasteiger partial charge is 0.161 e. The van der Waals surface area contributed by atoms with Gasteiger partial charge in [0.15, 0.2) is 11.5 Å². The van der Waals surface area contributed by atoms with Gasteiger partial charge < -0.3 is 14.8 Å². The highest BCUT2D eigenvalue weighted by Crippen LogP contribution is 2.31. The van der Waals surface area contributed by atoms with Gasteiger partial charge in [-0.2, -0.15) is 0 Å². The summed E-state index contributed by atoms with van der Waals surface area (Å²) in [7, 11) is 1.93. The van der Waals surface area contributed by atoms with E-state index in [2.05, 4.69) is 12.2 Å². The molecule has 1 aliphatic rings. The van der Waals surface area contributed by atoms with Crippen LogP contribution in [0.15, 0.2) is 24.3 Å². The molecule has 0 amide bonds. The number of para-hydroxylation sites is 2. The fraction of sp³-hybridized carbons (Fsp3) is 0.455. The summed E-state index contributed by atoms with van der Waals surface area (Å²) >= 11 is 0. The molecule has 1 aliphatic heterocycles. The van der Waals surface area contributed by atoms with Gasteiger partial charge in [-0.3, -0.25) is 0 Å². The molecule has 0 saturated carbocycles. The minimum Gasteiger partial charge on any atom is -0.486 e. The Morgan fingerprint density at radius 2 is 2.07 bits per heavy atom. The molecule has 1 N–H and O–H groups in total. The Labute approximate surface area is 84.0 Å². The van der Waals surface area contributed by atoms with Crippen LogP contribution in [0.1, 0.15) is 6.92 Å². The quantitative estimate of drug-likeness (QED) is 0.770. The molecule has 3 heteroatoms. The van der Waals surface area contributed by atoms with E-state index in [1.54, 1.807) is 0 Å². The number of fused-ring (bicyclic) bond motifs is 1. The zero-order valence-electron chi connectivity index (χ0n) is 8.49. The minimum atomic E-state index is 0.0925. The average Bonchev–Trinajstić information content (AvgIpc) is 2.27. The third kappa shape index (κ3) is 1.68. The van der Waals surface area contributed by atoms with Crippen LogP contribution in [-0.2, 0) is 0 Å². The normalized spacial score (nSPS) is 21.7. The Bertz CT molecular complexity index is 314. The molecule has 0 saturated heterocycles. The van der Waals surface area contributed by atoms with Crippen LogP contribution >= 0.6 is 0 Å². The van der Waals surface area contributed by atoms with Gasteiger partial charge >= 0.3 is 0 Å². The van der Waals surface area contributed by atoms with Crippen LogP contribution in [0, 0.1) is 0 Å². The lowest BCUT2D eigenvalue weighted by Gasteiger charge is -2.30. The molecular formula is C11H15NO2. The molecule has 0 fully saturated rings. The number of rotatable bonds is 2. The summed E-state index contributed by atoms with van der Waals surface area (Å²) < 4.78 is 11.4. The van der Waals surface area contributed by atoms with Gasteiger partial charge in [0.05, 0.1) is 0 Å². The number of nitrogens with one attached hydrogen (secondary N) is 1. The summed E-state index contributed by atoms with van der Waals surface area (Å²) in [5.41, 5.74) is 0. The second-order valence-corrected chi connectivity index (χ2v) is 3.49. The lowest BCUT2D eigenvalue weighted by molar-refractivity contribution is 0.0688. The molecule has 0 aromatic heterocycles. The van der Waals surface area contributed by atoms with Crippen LogP contribution in [-0.4, -0.2) is 25.8 Å². The monoisotopic (exact) mass is 193 g/mol. The first-order chi connectivity index (χ1) is 6.81. The number of benzene rings is 1. The van der Waals surface area contributed by atoms with Crippen molar-refractivity contribution in [2.75, 3.05) is 13.7 Å². The molecule has 1 heterocycles. The zero-order chi connectivity index (χ0) is 9.97. The van der Waals surface area contributed by atoms with Crippen molar-refractivity contribution in [1.29, 1.82) is 0 Å². The molecule has 1 aromatic rings. The molecule has 0 radical (unpaired) electrons. The summed E-state index contributed by atoms with van der Waals surface area (Å²) in [6.45, 7) is 2.70. The first kappa shape index (κ1) is 9.34. The number of hydrogen-bond donors (Lipinski definition) is 1. The van der Waals surface area contributed by atoms with E-state index in [4.69, 9.17) is 9.47 Å². The molecule has 0 spiro atoms. The fourth-order valence-corrected chi connectivity index (χ4v) is 1.47. The van der Waals surface area contributed by atoms with Crippen LogP contribution in [0.25, 0.3) is 0 Å². The minimum absolute atomic E-state index is 0.0925. The van der Waals surface area contributed by atoms with E-state index in [1.165, 1.54) is 0 Å². The first-order valence-corrected chi connectivity index (χ1v) is 4.87. The number of hydrogen-bond acceptors (Lipinski definition) is 3. The third-order valence-electron chi connectivity index (χ3n) is 2.54. The fourth-order valence-electron chi connectivity index (χ4n) is 1.47. The van der Waals surface area contributed by atoms with E-state index in [9.17, 15) is 0 Å². The van der Waals surface area contributed by atoms with E-state index in [-0.39, 0.29) is 6.10 Å². The van der Waals surface area contributed by atoms with Crippen LogP contribution in [0.2, 0.25) is 0 Å². The second-order valence-electron chi connectivity index (χ2n) is 3.49. The van der Waals surface area contributed by atoms with Crippen LogP contribution in [0.3, 0.4) is 0 Å². The van der Waals surface area contributed by atoms with Gasteiger partial charge in [0.25, 0.3) is 0 Å². The average molecular weight is 193 g/mol. The molecule has 2 rings (SSSR count). The number of ether oxygens (including phenoxy) is 2. The Hall–Kier alpha value is -1.22. The molecule has 1 aromatic carbocycles. The predicted molar refractivity (Wildman–Crippen MR) is 54.9 cm³/mol. The Kier molecular flexibility index (Phi) is 2.59. The zero-order valence-corrected chi connectivity index (χ0v) is 8.49. The van der Waals surface area contributed by atoms with E-state index in [0.29, 0.717) is 12.6 Å². The summed E-state index contributed by atoms with van der Waals surface area (Å²) in [6.07, 6.45) is 0.0925. The molecule has 3 nitrogen and oxygen atoms in total. The van der Waals surface area contributed by atoms with Gasteiger partial charge in [-0.25, -0.2) is 0 Å². The molecule has 0 bridgehead atoms. The lowest BCUT2D eigenvalue weighted by Crippen LogP contribution is -2.44. The number of likely N-dealkylation sites (N-methyl/N-ethyl adjacent to an activating group) is 1. The van der Waals surface area contributed by atoms with E-state index in [0.717, 1.165) is 11.5 Å². The van der Waals surface area contributed by atoms with Crippen molar-refractivity contribution in [2.24, 2.45) is 0 Å². The molecule has 76 valence electrons. The highest BCUT2D eigenvalue weighted by Gasteiger charge is 2.24. The highest BCUT2D eigenvalue weighted by molar-refractivity contribution is 5.40. The molecule has 2 atom stereocenters. The molecule has 14 heavy (non-hydrogen) atoms. The summed E-state index contributed by atoms with van der Waals surface area (Å²) in [4.78, 5) is 0. The van der Waals surface area contributed by atoms with Crippen molar-refractivity contribution >= 4 is 0 Å². The Morgan fingerprint density at radius 1 is 1.36 bits per heavy atom. The third-order valence-corrected chi connectivity index (χ3v) is 2.54. The van der Waals surface area contributed by atoms with Crippen molar-refractivity contribution in [3.63, 3.8) is 0 Å². The predicted octanol–water partition coefficient (Wildman–Crippen LogP) is 1.43. The van der Waals surface area contributed by atoms with Crippen molar-refractivity contribution in [3.8, 4) is 11.5 Å². The van der Waals surface area contributed by atoms with Crippen LogP contribution in [0.5, 0.6) is 11.5 Å². The van der Waals surface area contributed by atoms with Crippen molar-refractivity contribution < 1.29 is 9.47 Å². The summed E-state index contributed by atoms with van der Waals surface area (Å²) in [5, 5.41) is 3.16. The lowest BCUT2D eigenvalue weighted by atomic mass is 10.2.